The van der Waals surface area contributed by atoms with E-state index in [-0.39, 0.29) is 11.1 Å². The minimum atomic E-state index is -2.42. The fourth-order valence-corrected chi connectivity index (χ4v) is 2.42. The molecule has 0 aromatic heterocycles. The van der Waals surface area contributed by atoms with Crippen LogP contribution in [-0.4, -0.2) is 56.5 Å². The Bertz CT molecular complexity index is 1070. The van der Waals surface area contributed by atoms with E-state index in [9.17, 15) is 49.8 Å². The number of benzene rings is 2. The second kappa shape index (κ2) is 11.0. The Kier molecular flexibility index (Phi) is 8.20. The summed E-state index contributed by atoms with van der Waals surface area (Å²) < 4.78 is 9.21. The Morgan fingerprint density at radius 1 is 0.706 bits per heavy atom. The molecule has 0 aliphatic heterocycles. The van der Waals surface area contributed by atoms with Crippen molar-refractivity contribution in [2.75, 3.05) is 0 Å². The number of phenolic OH excluding ortho intramolecular Hbond substituents is 2. The smallest absolute Gasteiger partial charge is 0.349 e. The first-order valence-electron chi connectivity index (χ1n) is 9.21. The summed E-state index contributed by atoms with van der Waals surface area (Å²) in [6.07, 6.45) is -1.30. The zero-order valence-electron chi connectivity index (χ0n) is 17.0. The highest BCUT2D eigenvalue weighted by Gasteiger charge is 2.40. The molecule has 2 unspecified atom stereocenters. The summed E-state index contributed by atoms with van der Waals surface area (Å²) in [5.41, 5.74) is 0.367. The molecular weight excluding hydrogens is 456 g/mol. The monoisotopic (exact) mass is 472 g/mol. The van der Waals surface area contributed by atoms with Gasteiger partial charge in [0.1, 0.15) is 11.5 Å². The van der Waals surface area contributed by atoms with Crippen LogP contribution in [0.5, 0.6) is 23.0 Å². The standard InChI is InChI=1S/C22H18O12/c23-13-5-1-11(9-15(13)25)3-7-17(27)33-19(21(29)30)20(22(31)32)34-18(28)8-4-12-2-6-14(24)16(26)10-12/h1-10,19-20,23-26H,(H,29,30)(H,31,32)/p-2/b7-3+,8-4+. The molecule has 0 fully saturated rings. The maximum absolute atomic E-state index is 12.0. The number of hydrogen-bond donors (Lipinski definition) is 4. The molecule has 0 saturated heterocycles. The van der Waals surface area contributed by atoms with E-state index in [4.69, 9.17) is 0 Å². The highest BCUT2D eigenvalue weighted by molar-refractivity contribution is 5.93. The third-order valence-corrected chi connectivity index (χ3v) is 4.04. The van der Waals surface area contributed by atoms with Gasteiger partial charge in [-0.2, -0.15) is 0 Å². The molecule has 12 heteroatoms. The molecule has 0 radical (unpaired) electrons. The number of rotatable bonds is 9. The van der Waals surface area contributed by atoms with Crippen LogP contribution in [0.25, 0.3) is 12.2 Å². The fourth-order valence-electron chi connectivity index (χ4n) is 2.42. The lowest BCUT2D eigenvalue weighted by atomic mass is 10.2. The Labute approximate surface area is 190 Å². The molecule has 0 spiro atoms. The van der Waals surface area contributed by atoms with Crippen LogP contribution >= 0.6 is 0 Å². The number of phenols is 2. The van der Waals surface area contributed by atoms with E-state index < -0.39 is 59.1 Å². The van der Waals surface area contributed by atoms with Gasteiger partial charge in [-0.05, 0) is 35.4 Å². The van der Waals surface area contributed by atoms with Crippen molar-refractivity contribution in [3.05, 3.63) is 59.7 Å². The summed E-state index contributed by atoms with van der Waals surface area (Å²) >= 11 is 0. The summed E-state index contributed by atoms with van der Waals surface area (Å²) in [6.45, 7) is 0. The fraction of sp³-hybridized carbons (Fsp3) is 0.0909. The molecule has 0 bridgehead atoms. The summed E-state index contributed by atoms with van der Waals surface area (Å²) in [4.78, 5) is 46.9. The second-order valence-corrected chi connectivity index (χ2v) is 6.51. The number of aliphatic carboxylic acids is 2. The van der Waals surface area contributed by atoms with Crippen molar-refractivity contribution in [1.29, 1.82) is 0 Å². The molecule has 4 N–H and O–H groups in total. The van der Waals surface area contributed by atoms with Gasteiger partial charge in [-0.3, -0.25) is 0 Å². The molecule has 12 nitrogen and oxygen atoms in total. The first-order valence-corrected chi connectivity index (χ1v) is 9.21. The van der Waals surface area contributed by atoms with E-state index >= 15 is 0 Å². The van der Waals surface area contributed by atoms with Crippen LogP contribution in [0, 0.1) is 0 Å². The first kappa shape index (κ1) is 25.3. The molecule has 2 aromatic carbocycles. The Hall–Kier alpha value is -5.00. The Morgan fingerprint density at radius 3 is 1.35 bits per heavy atom. The number of aromatic hydroxyl groups is 2. The van der Waals surface area contributed by atoms with Crippen molar-refractivity contribution in [3.8, 4) is 23.0 Å². The molecule has 2 aromatic rings. The van der Waals surface area contributed by atoms with E-state index in [1.165, 1.54) is 12.1 Å². The van der Waals surface area contributed by atoms with E-state index in [0.717, 1.165) is 36.4 Å². The minimum absolute atomic E-state index is 0.184. The van der Waals surface area contributed by atoms with Crippen LogP contribution in [0.4, 0.5) is 0 Å². The largest absolute Gasteiger partial charge is 0.870 e. The molecule has 2 rings (SSSR count). The van der Waals surface area contributed by atoms with Gasteiger partial charge in [0.05, 0.1) is 0 Å². The maximum atomic E-state index is 12.0. The van der Waals surface area contributed by atoms with Gasteiger partial charge in [0, 0.05) is 12.2 Å². The van der Waals surface area contributed by atoms with Crippen LogP contribution in [0.15, 0.2) is 48.6 Å². The normalized spacial score (nSPS) is 12.8. The van der Waals surface area contributed by atoms with Crippen molar-refractivity contribution in [2.45, 2.75) is 12.2 Å². The summed E-state index contributed by atoms with van der Waals surface area (Å²) in [7, 11) is 0. The molecule has 0 saturated carbocycles. The van der Waals surface area contributed by atoms with Crippen molar-refractivity contribution < 1.29 is 59.3 Å². The predicted octanol–water partition coefficient (Wildman–Crippen LogP) is -0.0356. The summed E-state index contributed by atoms with van der Waals surface area (Å²) in [6, 6.07) is 6.59. The zero-order valence-corrected chi connectivity index (χ0v) is 17.0. The number of carbonyl (C=O) groups excluding carboxylic acids is 2. The van der Waals surface area contributed by atoms with Crippen molar-refractivity contribution in [1.82, 2.24) is 0 Å². The molecule has 0 heterocycles. The third kappa shape index (κ3) is 7.02. The van der Waals surface area contributed by atoms with Gasteiger partial charge in [-0.25, -0.2) is 19.2 Å². The maximum Gasteiger partial charge on any atom is 0.349 e. The lowest BCUT2D eigenvalue weighted by molar-refractivity contribution is -0.270. The molecule has 0 amide bonds. The lowest BCUT2D eigenvalue weighted by Crippen LogP contribution is -2.45. The number of hydrogen-bond acceptors (Lipinski definition) is 10. The van der Waals surface area contributed by atoms with Gasteiger partial charge in [-0.1, -0.05) is 35.8 Å². The van der Waals surface area contributed by atoms with Gasteiger partial charge in [0.15, 0.2) is 0 Å². The molecule has 2 atom stereocenters. The highest BCUT2D eigenvalue weighted by Crippen LogP contribution is 2.23. The minimum Gasteiger partial charge on any atom is -0.870 e. The van der Waals surface area contributed by atoms with E-state index in [2.05, 4.69) is 9.47 Å². The van der Waals surface area contributed by atoms with E-state index in [1.807, 2.05) is 0 Å². The van der Waals surface area contributed by atoms with Gasteiger partial charge in [0.2, 0.25) is 12.2 Å². The number of carboxylic acids is 2. The number of carboxylic acid groups (broad SMARTS) is 2. The summed E-state index contributed by atoms with van der Waals surface area (Å²) in [5, 5.41) is 59.6. The van der Waals surface area contributed by atoms with Crippen molar-refractivity contribution in [2.24, 2.45) is 0 Å². The molecule has 34 heavy (non-hydrogen) atoms. The zero-order chi connectivity index (χ0) is 25.4. The summed E-state index contributed by atoms with van der Waals surface area (Å²) in [5.74, 6) is -8.98. The molecule has 0 aliphatic carbocycles. The number of carbonyl (C=O) groups is 4. The SMILES string of the molecule is O=C(/C=C/c1ccc([O-])c(O)c1)OC(C(=O)O)C(OC(=O)/C=C/c1ccc([O-])c(O)c1)C(=O)O. The van der Waals surface area contributed by atoms with Gasteiger partial charge in [-0.15, -0.1) is 0 Å². The van der Waals surface area contributed by atoms with Crippen molar-refractivity contribution in [3.63, 3.8) is 0 Å². The van der Waals surface area contributed by atoms with E-state index in [0.29, 0.717) is 12.2 Å². The third-order valence-electron chi connectivity index (χ3n) is 4.04. The molecule has 0 aliphatic rings. The topological polar surface area (TPSA) is 214 Å². The van der Waals surface area contributed by atoms with Crippen LogP contribution in [-0.2, 0) is 28.7 Å². The Balaban J connectivity index is 2.11. The van der Waals surface area contributed by atoms with Gasteiger partial charge < -0.3 is 40.1 Å². The van der Waals surface area contributed by atoms with Crippen LogP contribution in [0.1, 0.15) is 11.1 Å². The van der Waals surface area contributed by atoms with Crippen molar-refractivity contribution >= 4 is 36.0 Å². The van der Waals surface area contributed by atoms with Gasteiger partial charge >= 0.3 is 23.9 Å². The lowest BCUT2D eigenvalue weighted by Gasteiger charge is -2.19. The van der Waals surface area contributed by atoms with Crippen LogP contribution < -0.4 is 10.2 Å². The molecular formula is C22H16O12-2. The number of ether oxygens (including phenoxy) is 2. The first-order chi connectivity index (χ1) is 16.0. The van der Waals surface area contributed by atoms with Crippen LogP contribution in [0.2, 0.25) is 0 Å². The quantitative estimate of drug-likeness (QED) is 0.279. The Morgan fingerprint density at radius 2 is 1.06 bits per heavy atom. The average Bonchev–Trinajstić information content (AvgIpc) is 2.77. The second-order valence-electron chi connectivity index (χ2n) is 6.51. The number of esters is 2. The van der Waals surface area contributed by atoms with Crippen LogP contribution in [0.3, 0.4) is 0 Å². The van der Waals surface area contributed by atoms with E-state index in [1.54, 1.807) is 0 Å². The average molecular weight is 472 g/mol. The van der Waals surface area contributed by atoms with Gasteiger partial charge in [0.25, 0.3) is 0 Å². The predicted molar refractivity (Wildman–Crippen MR) is 108 cm³/mol. The highest BCUT2D eigenvalue weighted by atomic mass is 16.6. The molecule has 178 valence electrons.